The molecule has 6 heteroatoms. The van der Waals surface area contributed by atoms with Crippen molar-refractivity contribution in [1.29, 1.82) is 0 Å². The van der Waals surface area contributed by atoms with Crippen molar-refractivity contribution in [3.05, 3.63) is 54.2 Å². The fraction of sp³-hybridized carbons (Fsp3) is 0.400. The van der Waals surface area contributed by atoms with Crippen LogP contribution in [-0.4, -0.2) is 48.8 Å². The summed E-state index contributed by atoms with van der Waals surface area (Å²) in [6.07, 6.45) is 4.52. The van der Waals surface area contributed by atoms with Crippen molar-refractivity contribution in [2.24, 2.45) is 0 Å². The number of carbonyl (C=O) groups excluding carboxylic acids is 1. The number of ether oxygens (including phenoxy) is 2. The Morgan fingerprint density at radius 3 is 2.85 bits per heavy atom. The second-order valence-electron chi connectivity index (χ2n) is 6.35. The van der Waals surface area contributed by atoms with Crippen molar-refractivity contribution in [1.82, 2.24) is 9.88 Å². The van der Waals surface area contributed by atoms with Crippen LogP contribution in [0.1, 0.15) is 18.4 Å². The van der Waals surface area contributed by atoms with Crippen molar-refractivity contribution in [3.63, 3.8) is 0 Å². The smallest absolute Gasteiger partial charge is 0.321 e. The van der Waals surface area contributed by atoms with Crippen LogP contribution in [0.25, 0.3) is 0 Å². The van der Waals surface area contributed by atoms with E-state index in [9.17, 15) is 4.79 Å². The van der Waals surface area contributed by atoms with Gasteiger partial charge in [0, 0.05) is 32.7 Å². The van der Waals surface area contributed by atoms with E-state index in [0.29, 0.717) is 24.7 Å². The highest BCUT2D eigenvalue weighted by Crippen LogP contribution is 2.16. The molecule has 26 heavy (non-hydrogen) atoms. The number of urea groups is 1. The molecule has 1 aliphatic heterocycles. The molecule has 6 nitrogen and oxygen atoms in total. The van der Waals surface area contributed by atoms with Gasteiger partial charge in [-0.1, -0.05) is 30.3 Å². The minimum atomic E-state index is -0.119. The van der Waals surface area contributed by atoms with E-state index >= 15 is 0 Å². The lowest BCUT2D eigenvalue weighted by Crippen LogP contribution is -2.44. The van der Waals surface area contributed by atoms with Crippen LogP contribution in [0, 0.1) is 0 Å². The molecule has 1 saturated heterocycles. The zero-order valence-corrected chi connectivity index (χ0v) is 15.1. The number of hydrogen-bond acceptors (Lipinski definition) is 4. The highest BCUT2D eigenvalue weighted by molar-refractivity contribution is 5.89. The van der Waals surface area contributed by atoms with Crippen LogP contribution in [0.3, 0.4) is 0 Å². The first-order valence-corrected chi connectivity index (χ1v) is 8.96. The Balaban J connectivity index is 1.45. The summed E-state index contributed by atoms with van der Waals surface area (Å²) >= 11 is 0. The van der Waals surface area contributed by atoms with Crippen LogP contribution in [0.2, 0.25) is 0 Å². The van der Waals surface area contributed by atoms with Gasteiger partial charge < -0.3 is 19.7 Å². The van der Waals surface area contributed by atoms with Gasteiger partial charge in [-0.3, -0.25) is 0 Å². The molecule has 1 atom stereocenters. The summed E-state index contributed by atoms with van der Waals surface area (Å²) in [7, 11) is 1.69. The molecule has 2 amide bonds. The van der Waals surface area contributed by atoms with Crippen molar-refractivity contribution in [2.75, 3.05) is 32.1 Å². The molecule has 138 valence electrons. The lowest BCUT2D eigenvalue weighted by Gasteiger charge is -2.31. The molecule has 1 aromatic heterocycles. The van der Waals surface area contributed by atoms with Crippen molar-refractivity contribution < 1.29 is 14.3 Å². The molecular formula is C20H25N3O3. The maximum atomic E-state index is 12.3. The first-order chi connectivity index (χ1) is 12.7. The molecular weight excluding hydrogens is 330 g/mol. The van der Waals surface area contributed by atoms with Crippen molar-refractivity contribution >= 4 is 11.7 Å². The van der Waals surface area contributed by atoms with E-state index in [1.54, 1.807) is 30.3 Å². The number of amides is 2. The summed E-state index contributed by atoms with van der Waals surface area (Å²) in [4.78, 5) is 18.4. The third-order valence-electron chi connectivity index (χ3n) is 4.47. The molecule has 2 aromatic rings. The normalized spacial score (nSPS) is 17.0. The second-order valence-corrected chi connectivity index (χ2v) is 6.35. The molecule has 1 N–H and O–H groups in total. The van der Waals surface area contributed by atoms with Crippen LogP contribution < -0.4 is 10.1 Å². The zero-order chi connectivity index (χ0) is 18.2. The largest absolute Gasteiger partial charge is 0.477 e. The summed E-state index contributed by atoms with van der Waals surface area (Å²) in [5.74, 6) is 0.552. The average molecular weight is 355 g/mol. The van der Waals surface area contributed by atoms with Gasteiger partial charge in [0.2, 0.25) is 5.88 Å². The molecule has 1 aliphatic rings. The molecule has 2 heterocycles. The Morgan fingerprint density at radius 2 is 2.12 bits per heavy atom. The summed E-state index contributed by atoms with van der Waals surface area (Å²) in [6.45, 7) is 1.94. The van der Waals surface area contributed by atoms with E-state index < -0.39 is 0 Å². The van der Waals surface area contributed by atoms with Gasteiger partial charge in [0.05, 0.1) is 24.6 Å². The van der Waals surface area contributed by atoms with E-state index in [0.717, 1.165) is 25.8 Å². The number of pyridine rings is 1. The quantitative estimate of drug-likeness (QED) is 0.863. The Kier molecular flexibility index (Phi) is 6.44. The number of anilines is 1. The molecule has 1 aromatic carbocycles. The number of piperidine rings is 1. The molecule has 0 bridgehead atoms. The van der Waals surface area contributed by atoms with E-state index in [1.807, 2.05) is 18.2 Å². The third-order valence-corrected chi connectivity index (χ3v) is 4.47. The van der Waals surface area contributed by atoms with Gasteiger partial charge in [0.1, 0.15) is 0 Å². The minimum absolute atomic E-state index is 0.119. The standard InChI is InChI=1S/C20H25N3O3/c1-25-18-8-5-12-23(15-18)20(24)22-17-9-10-19(21-14-17)26-13-11-16-6-3-2-4-7-16/h2-4,6-7,9-10,14,18H,5,8,11-13,15H2,1H3,(H,22,24). The van der Waals surface area contributed by atoms with Crippen LogP contribution in [0.15, 0.2) is 48.7 Å². The summed E-state index contributed by atoms with van der Waals surface area (Å²) in [5, 5.41) is 2.88. The minimum Gasteiger partial charge on any atom is -0.477 e. The predicted octanol–water partition coefficient (Wildman–Crippen LogP) is 3.35. The van der Waals surface area contributed by atoms with E-state index in [-0.39, 0.29) is 12.1 Å². The summed E-state index contributed by atoms with van der Waals surface area (Å²) in [6, 6.07) is 13.6. The van der Waals surface area contributed by atoms with E-state index in [1.165, 1.54) is 5.56 Å². The molecule has 1 fully saturated rings. The van der Waals surface area contributed by atoms with Crippen LogP contribution in [-0.2, 0) is 11.2 Å². The number of benzene rings is 1. The Hall–Kier alpha value is -2.60. The van der Waals surface area contributed by atoms with E-state index in [2.05, 4.69) is 22.4 Å². The van der Waals surface area contributed by atoms with E-state index in [4.69, 9.17) is 9.47 Å². The third kappa shape index (κ3) is 5.20. The van der Waals surface area contributed by atoms with Gasteiger partial charge in [-0.2, -0.15) is 0 Å². The zero-order valence-electron chi connectivity index (χ0n) is 15.1. The van der Waals surface area contributed by atoms with Gasteiger partial charge in [-0.15, -0.1) is 0 Å². The lowest BCUT2D eigenvalue weighted by molar-refractivity contribution is 0.0458. The number of nitrogens with zero attached hydrogens (tertiary/aromatic N) is 2. The second kappa shape index (κ2) is 9.20. The number of rotatable bonds is 6. The SMILES string of the molecule is COC1CCCN(C(=O)Nc2ccc(OCCc3ccccc3)nc2)C1. The first kappa shape index (κ1) is 18.2. The van der Waals surface area contributed by atoms with Gasteiger partial charge >= 0.3 is 6.03 Å². The highest BCUT2D eigenvalue weighted by Gasteiger charge is 2.23. The fourth-order valence-corrected chi connectivity index (χ4v) is 2.98. The monoisotopic (exact) mass is 355 g/mol. The van der Waals surface area contributed by atoms with Gasteiger partial charge in [0.25, 0.3) is 0 Å². The van der Waals surface area contributed by atoms with Crippen LogP contribution in [0.5, 0.6) is 5.88 Å². The van der Waals surface area contributed by atoms with Crippen molar-refractivity contribution in [3.8, 4) is 5.88 Å². The Bertz CT molecular complexity index is 691. The lowest BCUT2D eigenvalue weighted by atomic mass is 10.1. The highest BCUT2D eigenvalue weighted by atomic mass is 16.5. The predicted molar refractivity (Wildman–Crippen MR) is 101 cm³/mol. The number of carbonyl (C=O) groups is 1. The molecule has 0 aliphatic carbocycles. The number of likely N-dealkylation sites (tertiary alicyclic amines) is 1. The van der Waals surface area contributed by atoms with Crippen LogP contribution in [0.4, 0.5) is 10.5 Å². The van der Waals surface area contributed by atoms with Gasteiger partial charge in [-0.25, -0.2) is 9.78 Å². The number of nitrogens with one attached hydrogen (secondary N) is 1. The molecule has 0 spiro atoms. The molecule has 0 radical (unpaired) electrons. The first-order valence-electron chi connectivity index (χ1n) is 8.96. The maximum absolute atomic E-state index is 12.3. The average Bonchev–Trinajstić information content (AvgIpc) is 2.70. The van der Waals surface area contributed by atoms with Gasteiger partial charge in [0.15, 0.2) is 0 Å². The summed E-state index contributed by atoms with van der Waals surface area (Å²) < 4.78 is 11.0. The number of hydrogen-bond donors (Lipinski definition) is 1. The molecule has 1 unspecified atom stereocenters. The Morgan fingerprint density at radius 1 is 1.27 bits per heavy atom. The molecule has 0 saturated carbocycles. The number of methoxy groups -OCH3 is 1. The fourth-order valence-electron chi connectivity index (χ4n) is 2.98. The topological polar surface area (TPSA) is 63.7 Å². The number of aromatic nitrogens is 1. The maximum Gasteiger partial charge on any atom is 0.321 e. The Labute approximate surface area is 154 Å². The van der Waals surface area contributed by atoms with Gasteiger partial charge in [-0.05, 0) is 24.5 Å². The summed E-state index contributed by atoms with van der Waals surface area (Å²) in [5.41, 5.74) is 1.89. The molecule has 3 rings (SSSR count). The van der Waals surface area contributed by atoms with Crippen molar-refractivity contribution in [2.45, 2.75) is 25.4 Å². The van der Waals surface area contributed by atoms with Crippen LogP contribution >= 0.6 is 0 Å².